The molecule has 0 aliphatic rings. The fraction of sp³-hybridized carbons (Fsp3) is 0.250. The Hall–Kier alpha value is -1.27. The highest BCUT2D eigenvalue weighted by atomic mass is 127. The van der Waals surface area contributed by atoms with Gasteiger partial charge >= 0.3 is 18.5 Å². The van der Waals surface area contributed by atoms with Gasteiger partial charge < -0.3 is 9.84 Å². The van der Waals surface area contributed by atoms with Gasteiger partial charge in [0.1, 0.15) is 5.69 Å². The van der Waals surface area contributed by atoms with E-state index in [2.05, 4.69) is 9.72 Å². The summed E-state index contributed by atoms with van der Waals surface area (Å²) >= 11 is 1.11. The lowest BCUT2D eigenvalue weighted by atomic mass is 10.2. The number of halogens is 7. The van der Waals surface area contributed by atoms with Gasteiger partial charge in [-0.15, -0.1) is 13.2 Å². The maximum atomic E-state index is 12.4. The Morgan fingerprint density at radius 3 is 2.16 bits per heavy atom. The predicted molar refractivity (Wildman–Crippen MR) is 55.6 cm³/mol. The van der Waals surface area contributed by atoms with Crippen LogP contribution in [0.2, 0.25) is 0 Å². The Balaban J connectivity index is 3.45. The molecule has 106 valence electrons. The third-order valence-electron chi connectivity index (χ3n) is 1.66. The number of carbonyl (C=O) groups is 1. The van der Waals surface area contributed by atoms with Crippen LogP contribution in [0, 0.1) is 3.57 Å². The maximum Gasteiger partial charge on any atom is 0.574 e. The van der Waals surface area contributed by atoms with Gasteiger partial charge in [-0.25, -0.2) is 9.78 Å². The first kappa shape index (κ1) is 15.8. The second kappa shape index (κ2) is 5.02. The molecular weight excluding hydrogens is 399 g/mol. The zero-order chi connectivity index (χ0) is 15.0. The minimum absolute atomic E-state index is 0.132. The van der Waals surface area contributed by atoms with E-state index < -0.39 is 39.2 Å². The molecule has 0 amide bonds. The van der Waals surface area contributed by atoms with Gasteiger partial charge in [0.2, 0.25) is 5.88 Å². The molecule has 0 aromatic carbocycles. The average molecular weight is 401 g/mol. The molecular formula is C8H2F6INO3. The van der Waals surface area contributed by atoms with Crippen molar-refractivity contribution in [2.45, 2.75) is 12.5 Å². The smallest absolute Gasteiger partial charge is 0.478 e. The first-order valence-corrected chi connectivity index (χ1v) is 5.26. The molecule has 1 aromatic heterocycles. The van der Waals surface area contributed by atoms with E-state index in [1.807, 2.05) is 0 Å². The summed E-state index contributed by atoms with van der Waals surface area (Å²) in [5.41, 5.74) is -2.77. The highest BCUT2D eigenvalue weighted by Gasteiger charge is 2.38. The van der Waals surface area contributed by atoms with Gasteiger partial charge in [0.25, 0.3) is 0 Å². The lowest BCUT2D eigenvalue weighted by Gasteiger charge is -2.14. The van der Waals surface area contributed by atoms with E-state index in [0.29, 0.717) is 0 Å². The molecule has 0 radical (unpaired) electrons. The van der Waals surface area contributed by atoms with E-state index in [-0.39, 0.29) is 6.07 Å². The van der Waals surface area contributed by atoms with E-state index >= 15 is 0 Å². The largest absolute Gasteiger partial charge is 0.574 e. The Morgan fingerprint density at radius 1 is 1.26 bits per heavy atom. The summed E-state index contributed by atoms with van der Waals surface area (Å²) in [6.07, 6.45) is -10.4. The SMILES string of the molecule is O=C(O)c1cc(C(F)(F)F)nc(OC(F)(F)F)c1I. The van der Waals surface area contributed by atoms with Crippen LogP contribution < -0.4 is 4.74 Å². The molecule has 0 fully saturated rings. The molecule has 0 saturated carbocycles. The number of alkyl halides is 6. The Morgan fingerprint density at radius 2 is 1.79 bits per heavy atom. The molecule has 1 heterocycles. The second-order valence-electron chi connectivity index (χ2n) is 3.02. The van der Waals surface area contributed by atoms with Crippen LogP contribution in [0.5, 0.6) is 5.88 Å². The fourth-order valence-electron chi connectivity index (χ4n) is 0.984. The van der Waals surface area contributed by atoms with Crippen molar-refractivity contribution in [2.75, 3.05) is 0 Å². The first-order valence-electron chi connectivity index (χ1n) is 4.18. The predicted octanol–water partition coefficient (Wildman–Crippen LogP) is 3.30. The van der Waals surface area contributed by atoms with Gasteiger partial charge in [-0.05, 0) is 28.7 Å². The van der Waals surface area contributed by atoms with Gasteiger partial charge in [0.05, 0.1) is 9.13 Å². The number of rotatable bonds is 2. The van der Waals surface area contributed by atoms with Crippen molar-refractivity contribution in [3.05, 3.63) is 20.9 Å². The number of aromatic nitrogens is 1. The summed E-state index contributed by atoms with van der Waals surface area (Å²) in [4.78, 5) is 13.3. The van der Waals surface area contributed by atoms with Crippen molar-refractivity contribution < 1.29 is 41.0 Å². The van der Waals surface area contributed by atoms with E-state index in [1.165, 1.54) is 0 Å². The van der Waals surface area contributed by atoms with Crippen LogP contribution in [0.3, 0.4) is 0 Å². The highest BCUT2D eigenvalue weighted by Crippen LogP contribution is 2.34. The van der Waals surface area contributed by atoms with E-state index in [1.54, 1.807) is 0 Å². The minimum Gasteiger partial charge on any atom is -0.478 e. The molecule has 0 saturated heterocycles. The van der Waals surface area contributed by atoms with Crippen LogP contribution in [0.25, 0.3) is 0 Å². The molecule has 1 aromatic rings. The summed E-state index contributed by atoms with van der Waals surface area (Å²) in [5, 5.41) is 8.64. The van der Waals surface area contributed by atoms with E-state index in [9.17, 15) is 31.1 Å². The van der Waals surface area contributed by atoms with Crippen molar-refractivity contribution in [1.82, 2.24) is 4.98 Å². The standard InChI is InChI=1S/C8H2F6INO3/c9-7(10,11)3-1-2(6(17)18)4(15)5(16-3)19-8(12,13)14/h1H,(H,17,18). The summed E-state index contributed by atoms with van der Waals surface area (Å²) < 4.78 is 75.7. The van der Waals surface area contributed by atoms with Crippen LogP contribution in [0.1, 0.15) is 16.1 Å². The van der Waals surface area contributed by atoms with Gasteiger partial charge in [-0.3, -0.25) is 0 Å². The first-order chi connectivity index (χ1) is 8.42. The second-order valence-corrected chi connectivity index (χ2v) is 4.10. The van der Waals surface area contributed by atoms with Crippen LogP contribution in [0.4, 0.5) is 26.3 Å². The van der Waals surface area contributed by atoms with E-state index in [4.69, 9.17) is 5.11 Å². The molecule has 0 unspecified atom stereocenters. The molecule has 1 rings (SSSR count). The third kappa shape index (κ3) is 4.11. The van der Waals surface area contributed by atoms with Crippen LogP contribution in [-0.4, -0.2) is 22.4 Å². The van der Waals surface area contributed by atoms with Crippen LogP contribution in [0.15, 0.2) is 6.07 Å². The summed E-state index contributed by atoms with van der Waals surface area (Å²) in [6, 6.07) is 0.132. The molecule has 0 spiro atoms. The summed E-state index contributed by atoms with van der Waals surface area (Å²) in [6.45, 7) is 0. The zero-order valence-corrected chi connectivity index (χ0v) is 10.6. The maximum absolute atomic E-state index is 12.4. The Kier molecular flexibility index (Phi) is 4.17. The molecule has 1 N–H and O–H groups in total. The third-order valence-corrected chi connectivity index (χ3v) is 2.70. The molecule has 11 heteroatoms. The lowest BCUT2D eigenvalue weighted by Crippen LogP contribution is -2.21. The summed E-state index contributed by atoms with van der Waals surface area (Å²) in [7, 11) is 0. The molecule has 0 bridgehead atoms. The molecule has 0 aliphatic carbocycles. The number of aromatic carboxylic acids is 1. The van der Waals surface area contributed by atoms with Gasteiger partial charge in [-0.1, -0.05) is 0 Å². The normalized spacial score (nSPS) is 12.4. The quantitative estimate of drug-likeness (QED) is 0.611. The van der Waals surface area contributed by atoms with Gasteiger partial charge in [-0.2, -0.15) is 13.2 Å². The van der Waals surface area contributed by atoms with Gasteiger partial charge in [0, 0.05) is 0 Å². The average Bonchev–Trinajstić information content (AvgIpc) is 2.16. The number of pyridine rings is 1. The monoisotopic (exact) mass is 401 g/mol. The minimum atomic E-state index is -5.28. The molecule has 4 nitrogen and oxygen atoms in total. The zero-order valence-electron chi connectivity index (χ0n) is 8.43. The number of hydrogen-bond donors (Lipinski definition) is 1. The Labute approximate surface area is 114 Å². The topological polar surface area (TPSA) is 59.4 Å². The number of carboxylic acid groups (broad SMARTS) is 1. The molecule has 0 atom stereocenters. The number of ether oxygens (including phenoxy) is 1. The molecule has 19 heavy (non-hydrogen) atoms. The van der Waals surface area contributed by atoms with Crippen molar-refractivity contribution in [3.63, 3.8) is 0 Å². The van der Waals surface area contributed by atoms with Crippen molar-refractivity contribution in [2.24, 2.45) is 0 Å². The lowest BCUT2D eigenvalue weighted by molar-refractivity contribution is -0.276. The van der Waals surface area contributed by atoms with Crippen molar-refractivity contribution in [3.8, 4) is 5.88 Å². The summed E-state index contributed by atoms with van der Waals surface area (Å²) in [5.74, 6) is -3.29. The van der Waals surface area contributed by atoms with Crippen molar-refractivity contribution in [1.29, 1.82) is 0 Å². The fourth-order valence-corrected chi connectivity index (χ4v) is 1.60. The number of carboxylic acids is 1. The van der Waals surface area contributed by atoms with Gasteiger partial charge in [0.15, 0.2) is 0 Å². The van der Waals surface area contributed by atoms with E-state index in [0.717, 1.165) is 22.6 Å². The number of hydrogen-bond acceptors (Lipinski definition) is 3. The molecule has 0 aliphatic heterocycles. The van der Waals surface area contributed by atoms with Crippen LogP contribution in [-0.2, 0) is 6.18 Å². The Bertz CT molecular complexity index is 512. The highest BCUT2D eigenvalue weighted by molar-refractivity contribution is 14.1. The number of nitrogens with zero attached hydrogens (tertiary/aromatic N) is 1. The van der Waals surface area contributed by atoms with Crippen molar-refractivity contribution >= 4 is 28.6 Å². The van der Waals surface area contributed by atoms with Crippen LogP contribution >= 0.6 is 22.6 Å².